The summed E-state index contributed by atoms with van der Waals surface area (Å²) in [5.41, 5.74) is -3.68. The lowest BCUT2D eigenvalue weighted by molar-refractivity contribution is -0.143. The summed E-state index contributed by atoms with van der Waals surface area (Å²) in [7, 11) is 0. The van der Waals surface area contributed by atoms with E-state index in [0.29, 0.717) is 18.7 Å². The number of nitrogens with one attached hydrogen (secondary N) is 2. The predicted octanol–water partition coefficient (Wildman–Crippen LogP) is 6.62. The quantitative estimate of drug-likeness (QED) is 0.450. The van der Waals surface area contributed by atoms with E-state index >= 15 is 0 Å². The first kappa shape index (κ1) is 27.3. The molecule has 1 fully saturated rings. The molecule has 2 aromatic rings. The van der Waals surface area contributed by atoms with Gasteiger partial charge in [0.1, 0.15) is 6.04 Å². The number of rotatable bonds is 4. The van der Waals surface area contributed by atoms with Crippen LogP contribution in [-0.2, 0) is 17.1 Å². The molecule has 0 unspecified atom stereocenters. The third-order valence-electron chi connectivity index (χ3n) is 5.95. The van der Waals surface area contributed by atoms with E-state index in [0.717, 1.165) is 18.4 Å². The molecule has 0 bridgehead atoms. The highest BCUT2D eigenvalue weighted by molar-refractivity contribution is 5.94. The molecule has 3 rings (SSSR count). The average molecular weight is 515 g/mol. The Hall–Kier alpha value is -3.24. The van der Waals surface area contributed by atoms with Gasteiger partial charge in [0.05, 0.1) is 17.2 Å². The molecule has 2 aromatic carbocycles. The van der Waals surface area contributed by atoms with Gasteiger partial charge in [0.15, 0.2) is 0 Å². The van der Waals surface area contributed by atoms with Crippen molar-refractivity contribution in [1.29, 1.82) is 0 Å². The number of likely N-dealkylation sites (tertiary alicyclic amines) is 1. The summed E-state index contributed by atoms with van der Waals surface area (Å²) in [6, 6.07) is 7.77. The summed E-state index contributed by atoms with van der Waals surface area (Å²) in [6.07, 6.45) is -8.64. The van der Waals surface area contributed by atoms with Gasteiger partial charge in [-0.15, -0.1) is 0 Å². The molecule has 2 N–H and O–H groups in total. The Morgan fingerprint density at radius 2 is 1.47 bits per heavy atom. The molecule has 5 nitrogen and oxygen atoms in total. The molecule has 0 aliphatic carbocycles. The van der Waals surface area contributed by atoms with Gasteiger partial charge in [0, 0.05) is 12.2 Å². The highest BCUT2D eigenvalue weighted by atomic mass is 19.4. The van der Waals surface area contributed by atoms with Crippen molar-refractivity contribution in [2.24, 2.45) is 5.41 Å². The predicted molar refractivity (Wildman–Crippen MR) is 122 cm³/mol. The SMILES string of the molecule is CC(C)(C)[C@H](NC(=O)Nc1cc(C(F)(F)F)cc(C(F)(F)F)c1)C(=O)N1CCC[C@@H]1c1ccccc1. The van der Waals surface area contributed by atoms with Crippen LogP contribution in [0.2, 0.25) is 0 Å². The van der Waals surface area contributed by atoms with Crippen molar-refractivity contribution in [1.82, 2.24) is 10.2 Å². The van der Waals surface area contributed by atoms with Crippen molar-refractivity contribution in [3.05, 3.63) is 65.2 Å². The van der Waals surface area contributed by atoms with E-state index in [-0.39, 0.29) is 18.0 Å². The molecule has 1 aliphatic rings. The second-order valence-electron chi connectivity index (χ2n) is 9.79. The van der Waals surface area contributed by atoms with E-state index < -0.39 is 46.7 Å². The maximum Gasteiger partial charge on any atom is 0.416 e. The second-order valence-corrected chi connectivity index (χ2v) is 9.79. The summed E-state index contributed by atoms with van der Waals surface area (Å²) < 4.78 is 78.9. The van der Waals surface area contributed by atoms with Crippen LogP contribution in [0.15, 0.2) is 48.5 Å². The molecule has 0 aromatic heterocycles. The first-order chi connectivity index (χ1) is 16.6. The molecule has 1 saturated heterocycles. The zero-order chi connectivity index (χ0) is 26.9. The van der Waals surface area contributed by atoms with Crippen LogP contribution in [0.25, 0.3) is 0 Å². The summed E-state index contributed by atoms with van der Waals surface area (Å²) in [4.78, 5) is 27.9. The minimum absolute atomic E-state index is 0.0261. The summed E-state index contributed by atoms with van der Waals surface area (Å²) in [5.74, 6) is -0.385. The van der Waals surface area contributed by atoms with Crippen LogP contribution in [-0.4, -0.2) is 29.4 Å². The molecule has 2 atom stereocenters. The molecule has 11 heteroatoms. The molecule has 196 valence electrons. The number of benzene rings is 2. The normalized spacial score (nSPS) is 17.6. The minimum Gasteiger partial charge on any atom is -0.334 e. The first-order valence-corrected chi connectivity index (χ1v) is 11.3. The first-order valence-electron chi connectivity index (χ1n) is 11.3. The van der Waals surface area contributed by atoms with Crippen LogP contribution in [0.3, 0.4) is 0 Å². The van der Waals surface area contributed by atoms with Crippen LogP contribution in [0, 0.1) is 5.41 Å². The highest BCUT2D eigenvalue weighted by Crippen LogP contribution is 2.38. The molecule has 0 saturated carbocycles. The van der Waals surface area contributed by atoms with Gasteiger partial charge in [-0.1, -0.05) is 51.1 Å². The fourth-order valence-corrected chi connectivity index (χ4v) is 4.19. The lowest BCUT2D eigenvalue weighted by atomic mass is 9.85. The van der Waals surface area contributed by atoms with E-state index in [9.17, 15) is 35.9 Å². The van der Waals surface area contributed by atoms with E-state index in [1.54, 1.807) is 25.7 Å². The average Bonchev–Trinajstić information content (AvgIpc) is 3.25. The third-order valence-corrected chi connectivity index (χ3v) is 5.95. The van der Waals surface area contributed by atoms with Gasteiger partial charge in [-0.25, -0.2) is 4.79 Å². The number of alkyl halides is 6. The van der Waals surface area contributed by atoms with Gasteiger partial charge >= 0.3 is 18.4 Å². The number of hydrogen-bond acceptors (Lipinski definition) is 2. The van der Waals surface area contributed by atoms with Crippen molar-refractivity contribution in [2.75, 3.05) is 11.9 Å². The fraction of sp³-hybridized carbons (Fsp3) is 0.440. The number of hydrogen-bond donors (Lipinski definition) is 2. The Balaban J connectivity index is 1.84. The maximum absolute atomic E-state index is 13.5. The van der Waals surface area contributed by atoms with E-state index in [1.165, 1.54) is 0 Å². The molecule has 36 heavy (non-hydrogen) atoms. The van der Waals surface area contributed by atoms with Crippen molar-refractivity contribution in [3.8, 4) is 0 Å². The lowest BCUT2D eigenvalue weighted by Crippen LogP contribution is -2.55. The Labute approximate surface area is 204 Å². The number of carbonyl (C=O) groups is 2. The van der Waals surface area contributed by atoms with Crippen LogP contribution in [0.1, 0.15) is 56.3 Å². The van der Waals surface area contributed by atoms with Crippen LogP contribution in [0.4, 0.5) is 36.8 Å². The molecule has 1 heterocycles. The number of halogens is 6. The maximum atomic E-state index is 13.5. The Morgan fingerprint density at radius 1 is 0.917 bits per heavy atom. The van der Waals surface area contributed by atoms with Gasteiger partial charge < -0.3 is 15.5 Å². The van der Waals surface area contributed by atoms with Crippen molar-refractivity contribution < 1.29 is 35.9 Å². The van der Waals surface area contributed by atoms with E-state index in [4.69, 9.17) is 0 Å². The van der Waals surface area contributed by atoms with Crippen LogP contribution >= 0.6 is 0 Å². The largest absolute Gasteiger partial charge is 0.416 e. The number of anilines is 1. The topological polar surface area (TPSA) is 61.4 Å². The summed E-state index contributed by atoms with van der Waals surface area (Å²) in [6.45, 7) is 5.57. The monoisotopic (exact) mass is 515 g/mol. The molecule has 0 spiro atoms. The number of carbonyl (C=O) groups excluding carboxylic acids is 2. The lowest BCUT2D eigenvalue weighted by Gasteiger charge is -2.36. The second kappa shape index (κ2) is 10.0. The Bertz CT molecular complexity index is 1060. The zero-order valence-corrected chi connectivity index (χ0v) is 19.9. The smallest absolute Gasteiger partial charge is 0.334 e. The molecule has 0 radical (unpaired) electrons. The number of nitrogens with zero attached hydrogens (tertiary/aromatic N) is 1. The van der Waals surface area contributed by atoms with Crippen LogP contribution < -0.4 is 10.6 Å². The summed E-state index contributed by atoms with van der Waals surface area (Å²) in [5, 5.41) is 4.50. The number of urea groups is 1. The molecule has 1 aliphatic heterocycles. The standard InChI is InChI=1S/C25H27F6N3O2/c1-23(2,3)20(21(35)34-11-7-10-19(34)15-8-5-4-6-9-15)33-22(36)32-18-13-16(24(26,27)28)12-17(14-18)25(29,30)31/h4-6,8-9,12-14,19-20H,7,10-11H2,1-3H3,(H2,32,33,36)/t19-,20-/m1/s1. The van der Waals surface area contributed by atoms with Gasteiger partial charge in [-0.3, -0.25) is 4.79 Å². The fourth-order valence-electron chi connectivity index (χ4n) is 4.19. The van der Waals surface area contributed by atoms with Crippen molar-refractivity contribution >= 4 is 17.6 Å². The van der Waals surface area contributed by atoms with Crippen molar-refractivity contribution in [3.63, 3.8) is 0 Å². The Kier molecular flexibility index (Phi) is 7.61. The van der Waals surface area contributed by atoms with Crippen LogP contribution in [0.5, 0.6) is 0 Å². The van der Waals surface area contributed by atoms with Gasteiger partial charge in [0.25, 0.3) is 0 Å². The van der Waals surface area contributed by atoms with Gasteiger partial charge in [-0.2, -0.15) is 26.3 Å². The third kappa shape index (κ3) is 6.50. The molecular weight excluding hydrogens is 488 g/mol. The zero-order valence-electron chi connectivity index (χ0n) is 19.9. The van der Waals surface area contributed by atoms with Crippen molar-refractivity contribution in [2.45, 2.75) is 58.0 Å². The minimum atomic E-state index is -5.06. The van der Waals surface area contributed by atoms with Gasteiger partial charge in [0.2, 0.25) is 5.91 Å². The molecular formula is C25H27F6N3O2. The van der Waals surface area contributed by atoms with Gasteiger partial charge in [-0.05, 0) is 42.0 Å². The number of amides is 3. The van der Waals surface area contributed by atoms with E-state index in [1.807, 2.05) is 35.6 Å². The molecule has 3 amide bonds. The summed E-state index contributed by atoms with van der Waals surface area (Å²) >= 11 is 0. The highest BCUT2D eigenvalue weighted by Gasteiger charge is 2.41. The Morgan fingerprint density at radius 3 is 1.97 bits per heavy atom. The van der Waals surface area contributed by atoms with E-state index in [2.05, 4.69) is 5.32 Å².